The Morgan fingerprint density at radius 3 is 2.30 bits per heavy atom. The first kappa shape index (κ1) is 28.6. The number of amides is 2. The lowest BCUT2D eigenvalue weighted by atomic mass is 9.76. The zero-order valence-corrected chi connectivity index (χ0v) is 24.3. The first-order valence-corrected chi connectivity index (χ1v) is 15.0. The lowest BCUT2D eigenvalue weighted by Gasteiger charge is -2.31. The molecular formula is C34H30N2O6S. The third-order valence-corrected chi connectivity index (χ3v) is 9.43. The molecule has 4 atom stereocenters. The van der Waals surface area contributed by atoms with Crippen molar-refractivity contribution in [3.05, 3.63) is 114 Å². The minimum Gasteiger partial charge on any atom is -0.480 e. The van der Waals surface area contributed by atoms with Crippen molar-refractivity contribution in [2.45, 2.75) is 22.9 Å². The number of hydrogen-bond acceptors (Lipinski definition) is 7. The lowest BCUT2D eigenvalue weighted by Crippen LogP contribution is -2.57. The van der Waals surface area contributed by atoms with E-state index in [0.717, 1.165) is 21.2 Å². The predicted molar refractivity (Wildman–Crippen MR) is 163 cm³/mol. The highest BCUT2D eigenvalue weighted by Crippen LogP contribution is 2.50. The number of aliphatic carboxylic acids is 1. The summed E-state index contributed by atoms with van der Waals surface area (Å²) in [7, 11) is 1.29. The van der Waals surface area contributed by atoms with Crippen molar-refractivity contribution in [1.29, 1.82) is 0 Å². The maximum atomic E-state index is 14.1. The summed E-state index contributed by atoms with van der Waals surface area (Å²) in [4.78, 5) is 55.6. The summed E-state index contributed by atoms with van der Waals surface area (Å²) in [5.74, 6) is -4.11. The van der Waals surface area contributed by atoms with Gasteiger partial charge in [0, 0.05) is 29.7 Å². The Bertz CT molecular complexity index is 1710. The van der Waals surface area contributed by atoms with Gasteiger partial charge in [0.15, 0.2) is 0 Å². The minimum atomic E-state index is -1.73. The van der Waals surface area contributed by atoms with Crippen LogP contribution in [0.25, 0.3) is 10.8 Å². The molecule has 2 aliphatic heterocycles. The Kier molecular flexibility index (Phi) is 7.77. The summed E-state index contributed by atoms with van der Waals surface area (Å²) in [6.07, 6.45) is 0.0106. The number of ether oxygens (including phenoxy) is 1. The van der Waals surface area contributed by atoms with Gasteiger partial charge in [-0.15, -0.1) is 11.8 Å². The number of hydrogen-bond donors (Lipinski definition) is 2. The van der Waals surface area contributed by atoms with Gasteiger partial charge in [0.2, 0.25) is 11.8 Å². The number of esters is 1. The van der Waals surface area contributed by atoms with Crippen LogP contribution in [-0.4, -0.2) is 58.7 Å². The third-order valence-electron chi connectivity index (χ3n) is 8.44. The van der Waals surface area contributed by atoms with Crippen LogP contribution in [0.5, 0.6) is 0 Å². The van der Waals surface area contributed by atoms with Crippen LogP contribution in [0.1, 0.15) is 27.5 Å². The molecule has 0 aliphatic carbocycles. The molecule has 0 spiro atoms. The van der Waals surface area contributed by atoms with Crippen LogP contribution in [0.15, 0.2) is 102 Å². The van der Waals surface area contributed by atoms with Gasteiger partial charge in [-0.1, -0.05) is 72.8 Å². The van der Waals surface area contributed by atoms with Gasteiger partial charge >= 0.3 is 11.9 Å². The van der Waals surface area contributed by atoms with E-state index in [0.29, 0.717) is 16.9 Å². The average Bonchev–Trinajstić information content (AvgIpc) is 3.50. The van der Waals surface area contributed by atoms with Crippen molar-refractivity contribution in [3.8, 4) is 0 Å². The quantitative estimate of drug-likeness (QED) is 0.163. The highest BCUT2D eigenvalue weighted by Gasteiger charge is 2.68. The zero-order valence-electron chi connectivity index (χ0n) is 23.4. The van der Waals surface area contributed by atoms with Crippen LogP contribution in [-0.2, 0) is 25.5 Å². The monoisotopic (exact) mass is 594 g/mol. The number of carboxylic acid groups (broad SMARTS) is 1. The van der Waals surface area contributed by atoms with E-state index in [2.05, 4.69) is 5.32 Å². The van der Waals surface area contributed by atoms with E-state index in [9.17, 15) is 24.3 Å². The van der Waals surface area contributed by atoms with Crippen LogP contribution in [0.3, 0.4) is 0 Å². The Hall–Kier alpha value is -4.47. The maximum absolute atomic E-state index is 14.1. The van der Waals surface area contributed by atoms with E-state index in [1.807, 2.05) is 72.8 Å². The summed E-state index contributed by atoms with van der Waals surface area (Å²) >= 11 is 1.53. The van der Waals surface area contributed by atoms with E-state index in [1.54, 1.807) is 24.3 Å². The van der Waals surface area contributed by atoms with Gasteiger partial charge in [-0.3, -0.25) is 24.6 Å². The number of carboxylic acids is 1. The highest BCUT2D eigenvalue weighted by molar-refractivity contribution is 7.99. The molecule has 0 radical (unpaired) electrons. The molecule has 9 heteroatoms. The van der Waals surface area contributed by atoms with Crippen LogP contribution < -0.4 is 5.32 Å². The lowest BCUT2D eigenvalue weighted by molar-refractivity contribution is -0.151. The van der Waals surface area contributed by atoms with Gasteiger partial charge in [0.25, 0.3) is 0 Å². The van der Waals surface area contributed by atoms with E-state index in [4.69, 9.17) is 4.74 Å². The molecule has 0 saturated carbocycles. The number of imide groups is 1. The first-order chi connectivity index (χ1) is 20.8. The van der Waals surface area contributed by atoms with Crippen molar-refractivity contribution < 1.29 is 29.0 Å². The Labute approximate surface area is 253 Å². The molecule has 2 saturated heterocycles. The fourth-order valence-electron chi connectivity index (χ4n) is 6.39. The van der Waals surface area contributed by atoms with Gasteiger partial charge in [0.1, 0.15) is 5.54 Å². The van der Waals surface area contributed by atoms with Gasteiger partial charge in [-0.25, -0.2) is 4.79 Å². The number of rotatable bonds is 9. The normalized spacial score (nSPS) is 23.0. The average molecular weight is 595 g/mol. The van der Waals surface area contributed by atoms with Gasteiger partial charge in [-0.05, 0) is 46.2 Å². The molecule has 218 valence electrons. The Balaban J connectivity index is 1.37. The van der Waals surface area contributed by atoms with Crippen LogP contribution >= 0.6 is 11.8 Å². The summed E-state index contributed by atoms with van der Waals surface area (Å²) < 4.78 is 4.81. The molecule has 4 unspecified atom stereocenters. The Morgan fingerprint density at radius 1 is 0.907 bits per heavy atom. The van der Waals surface area contributed by atoms with Crippen molar-refractivity contribution in [2.75, 3.05) is 19.4 Å². The van der Waals surface area contributed by atoms with Crippen molar-refractivity contribution in [1.82, 2.24) is 10.2 Å². The minimum absolute atomic E-state index is 0.0106. The van der Waals surface area contributed by atoms with Crippen LogP contribution in [0.4, 0.5) is 0 Å². The molecule has 4 aromatic rings. The second kappa shape index (κ2) is 11.7. The molecule has 8 nitrogen and oxygen atoms in total. The predicted octanol–water partition coefficient (Wildman–Crippen LogP) is 4.73. The first-order valence-electron chi connectivity index (χ1n) is 14.0. The summed E-state index contributed by atoms with van der Waals surface area (Å²) in [5, 5.41) is 16.0. The topological polar surface area (TPSA) is 113 Å². The fraction of sp³-hybridized carbons (Fsp3) is 0.235. The molecule has 2 aliphatic rings. The molecular weight excluding hydrogens is 564 g/mol. The second-order valence-corrected chi connectivity index (χ2v) is 12.0. The molecule has 0 bridgehead atoms. The number of benzene rings is 4. The largest absolute Gasteiger partial charge is 0.480 e. The number of thioether (sulfide) groups is 1. The summed E-state index contributed by atoms with van der Waals surface area (Å²) in [6.45, 7) is 0.171. The zero-order chi connectivity index (χ0) is 30.1. The van der Waals surface area contributed by atoms with Gasteiger partial charge in [-0.2, -0.15) is 0 Å². The second-order valence-electron chi connectivity index (χ2n) is 10.9. The van der Waals surface area contributed by atoms with Crippen molar-refractivity contribution in [3.63, 3.8) is 0 Å². The van der Waals surface area contributed by atoms with E-state index in [1.165, 1.54) is 23.8 Å². The Morgan fingerprint density at radius 2 is 1.60 bits per heavy atom. The van der Waals surface area contributed by atoms with Crippen LogP contribution in [0, 0.1) is 11.8 Å². The smallest absolute Gasteiger partial charge is 0.337 e. The molecule has 43 heavy (non-hydrogen) atoms. The SMILES string of the molecule is COC(=O)c1ccc(C2NC(Cc3ccc4ccccc4c3)(C(=O)O)C3C(=O)N(CCSc4ccccc4)C(=O)C23)cc1. The van der Waals surface area contributed by atoms with Gasteiger partial charge < -0.3 is 9.84 Å². The molecule has 2 fully saturated rings. The third kappa shape index (κ3) is 5.19. The van der Waals surface area contributed by atoms with Gasteiger partial charge in [0.05, 0.1) is 24.5 Å². The number of likely N-dealkylation sites (tertiary alicyclic amines) is 1. The van der Waals surface area contributed by atoms with E-state index in [-0.39, 0.29) is 18.9 Å². The number of methoxy groups -OCH3 is 1. The number of nitrogens with zero attached hydrogens (tertiary/aromatic N) is 1. The van der Waals surface area contributed by atoms with Crippen LogP contribution in [0.2, 0.25) is 0 Å². The molecule has 2 heterocycles. The molecule has 2 amide bonds. The summed E-state index contributed by atoms with van der Waals surface area (Å²) in [6, 6.07) is 29.0. The number of nitrogens with one attached hydrogen (secondary N) is 1. The van der Waals surface area contributed by atoms with Crippen molar-refractivity contribution in [2.24, 2.45) is 11.8 Å². The molecule has 2 N–H and O–H groups in total. The van der Waals surface area contributed by atoms with E-state index < -0.39 is 41.3 Å². The maximum Gasteiger partial charge on any atom is 0.337 e. The van der Waals surface area contributed by atoms with E-state index >= 15 is 0 Å². The number of carbonyl (C=O) groups excluding carboxylic acids is 3. The number of carbonyl (C=O) groups is 4. The fourth-order valence-corrected chi connectivity index (χ4v) is 7.25. The highest BCUT2D eigenvalue weighted by atomic mass is 32.2. The van der Waals surface area contributed by atoms with Crippen molar-refractivity contribution >= 4 is 46.3 Å². The number of fused-ring (bicyclic) bond motifs is 2. The molecule has 6 rings (SSSR count). The molecule has 4 aromatic carbocycles. The molecule has 0 aromatic heterocycles. The summed E-state index contributed by atoms with van der Waals surface area (Å²) in [5.41, 5.74) is -0.0412. The standard InChI is InChI=1S/C34H30N2O6S/c1-42-32(39)24-15-13-23(14-16-24)29-27-28(31(38)36(30(27)37)17-18-43-26-9-3-2-4-10-26)34(35-29,33(40)41)20-21-11-12-22-7-5-6-8-25(22)19-21/h2-16,19,27-29,35H,17-18,20H2,1H3,(H,40,41).